The molecule has 0 bridgehead atoms. The molecule has 0 atom stereocenters. The summed E-state index contributed by atoms with van der Waals surface area (Å²) in [5, 5.41) is 0. The Morgan fingerprint density at radius 1 is 0.800 bits per heavy atom. The maximum atomic E-state index is 2.19. The third-order valence-electron chi connectivity index (χ3n) is 2.44. The van der Waals surface area contributed by atoms with Gasteiger partial charge in [0.1, 0.15) is 0 Å². The third-order valence-corrected chi connectivity index (χ3v) is 2.44. The van der Waals surface area contributed by atoms with E-state index >= 15 is 0 Å². The molecule has 0 aromatic carbocycles. The van der Waals surface area contributed by atoms with Crippen LogP contribution in [0, 0.1) is 18.3 Å². The fourth-order valence-corrected chi connectivity index (χ4v) is 1.60. The van der Waals surface area contributed by atoms with Crippen LogP contribution in [0.15, 0.2) is 72.9 Å². The molecule has 74 valence electrons. The Bertz CT molecular complexity index is 337. The second-order valence-corrected chi connectivity index (χ2v) is 3.66. The molecule has 0 heterocycles. The molecule has 2 aliphatic rings. The largest absolute Gasteiger partial charge is 0.0949 e. The highest BCUT2D eigenvalue weighted by molar-refractivity contribution is 5.26. The van der Waals surface area contributed by atoms with Gasteiger partial charge in [0, 0.05) is 12.0 Å². The lowest BCUT2D eigenvalue weighted by Crippen LogP contribution is -1.85. The van der Waals surface area contributed by atoms with Crippen molar-refractivity contribution in [2.75, 3.05) is 0 Å². The Morgan fingerprint density at radius 2 is 1.47 bits per heavy atom. The van der Waals surface area contributed by atoms with Crippen molar-refractivity contribution in [1.82, 2.24) is 0 Å². The van der Waals surface area contributed by atoms with Gasteiger partial charge in [-0.15, -0.1) is 0 Å². The van der Waals surface area contributed by atoms with Gasteiger partial charge in [-0.3, -0.25) is 0 Å². The predicted octanol–water partition coefficient (Wildman–Crippen LogP) is 3.79. The van der Waals surface area contributed by atoms with E-state index in [1.165, 1.54) is 0 Å². The molecule has 0 spiro atoms. The van der Waals surface area contributed by atoms with Gasteiger partial charge in [-0.25, -0.2) is 0 Å². The Morgan fingerprint density at radius 3 is 2.20 bits per heavy atom. The normalized spacial score (nSPS) is 20.5. The van der Waals surface area contributed by atoms with Gasteiger partial charge in [0.05, 0.1) is 24.5 Å². The van der Waals surface area contributed by atoms with Crippen molar-refractivity contribution in [1.29, 1.82) is 0 Å². The first-order chi connectivity index (χ1) is 7.45. The molecule has 0 unspecified atom stereocenters. The summed E-state index contributed by atoms with van der Waals surface area (Å²) < 4.78 is 0. The second-order valence-electron chi connectivity index (χ2n) is 3.66. The zero-order valence-electron chi connectivity index (χ0n) is 8.66. The zero-order valence-corrected chi connectivity index (χ0v) is 8.66. The first-order valence-corrected chi connectivity index (χ1v) is 5.33. The van der Waals surface area contributed by atoms with E-state index in [9.17, 15) is 0 Å². The molecule has 0 aromatic rings. The Labute approximate surface area is 91.7 Å². The smallest absolute Gasteiger partial charge is 0.0738 e. The van der Waals surface area contributed by atoms with Crippen molar-refractivity contribution >= 4 is 0 Å². The molecule has 0 heteroatoms. The summed E-state index contributed by atoms with van der Waals surface area (Å²) in [4.78, 5) is 0. The molecule has 0 aliphatic heterocycles. The summed E-state index contributed by atoms with van der Waals surface area (Å²) in [6.45, 7) is 0. The van der Waals surface area contributed by atoms with Crippen LogP contribution in [-0.4, -0.2) is 0 Å². The van der Waals surface area contributed by atoms with Crippen LogP contribution in [0.5, 0.6) is 0 Å². The molecule has 2 rings (SSSR count). The van der Waals surface area contributed by atoms with Crippen molar-refractivity contribution in [3.05, 3.63) is 79.3 Å². The molecule has 2 aliphatic carbocycles. The molecule has 0 aromatic heterocycles. The van der Waals surface area contributed by atoms with Gasteiger partial charge in [-0.1, -0.05) is 54.7 Å². The molecular formula is C15H15+. The average Bonchev–Trinajstić information content (AvgIpc) is 2.88. The zero-order chi connectivity index (χ0) is 10.3. The predicted molar refractivity (Wildman–Crippen MR) is 66.1 cm³/mol. The van der Waals surface area contributed by atoms with Gasteiger partial charge < -0.3 is 0 Å². The average molecular weight is 195 g/mol. The van der Waals surface area contributed by atoms with E-state index in [1.807, 2.05) is 0 Å². The van der Waals surface area contributed by atoms with Gasteiger partial charge in [0.15, 0.2) is 0 Å². The Balaban J connectivity index is 1.70. The van der Waals surface area contributed by atoms with Crippen LogP contribution in [0.2, 0.25) is 0 Å². The minimum atomic E-state index is 0.487. The van der Waals surface area contributed by atoms with Crippen molar-refractivity contribution in [3.8, 4) is 0 Å². The molecule has 15 heavy (non-hydrogen) atoms. The van der Waals surface area contributed by atoms with Crippen LogP contribution >= 0.6 is 0 Å². The Hall–Kier alpha value is -1.69. The van der Waals surface area contributed by atoms with Crippen molar-refractivity contribution in [2.24, 2.45) is 11.8 Å². The number of rotatable bonds is 4. The minimum Gasteiger partial charge on any atom is -0.0738 e. The first-order valence-electron chi connectivity index (χ1n) is 5.33. The fraction of sp³-hybridized carbons (Fsp3) is 0.133. The molecule has 0 amide bonds. The minimum absolute atomic E-state index is 0.487. The summed E-state index contributed by atoms with van der Waals surface area (Å²) >= 11 is 0. The van der Waals surface area contributed by atoms with E-state index in [0.29, 0.717) is 11.8 Å². The summed E-state index contributed by atoms with van der Waals surface area (Å²) in [5.74, 6) is 0.974. The van der Waals surface area contributed by atoms with Crippen LogP contribution < -0.4 is 0 Å². The highest BCUT2D eigenvalue weighted by atomic mass is 14.0. The van der Waals surface area contributed by atoms with Gasteiger partial charge in [-0.05, 0) is 0 Å². The molecule has 0 saturated carbocycles. The lowest BCUT2D eigenvalue weighted by Gasteiger charge is -1.91. The van der Waals surface area contributed by atoms with E-state index in [-0.39, 0.29) is 0 Å². The van der Waals surface area contributed by atoms with E-state index < -0.39 is 0 Å². The monoisotopic (exact) mass is 195 g/mol. The van der Waals surface area contributed by atoms with Crippen molar-refractivity contribution in [3.63, 3.8) is 0 Å². The second kappa shape index (κ2) is 5.26. The highest BCUT2D eigenvalue weighted by Gasteiger charge is 2.05. The molecular weight excluding hydrogens is 180 g/mol. The third kappa shape index (κ3) is 3.17. The molecule has 0 saturated heterocycles. The van der Waals surface area contributed by atoms with Crippen LogP contribution in [0.3, 0.4) is 0 Å². The molecule has 0 fully saturated rings. The SMILES string of the molecule is C1=CC(/C=C/C=C/[CH+]C2C=CC=C2)C=C1. The summed E-state index contributed by atoms with van der Waals surface area (Å²) in [7, 11) is 0. The van der Waals surface area contributed by atoms with E-state index in [4.69, 9.17) is 0 Å². The van der Waals surface area contributed by atoms with Crippen molar-refractivity contribution < 1.29 is 0 Å². The van der Waals surface area contributed by atoms with E-state index in [0.717, 1.165) is 0 Å². The lowest BCUT2D eigenvalue weighted by atomic mass is 10.1. The van der Waals surface area contributed by atoms with Crippen LogP contribution in [0.4, 0.5) is 0 Å². The van der Waals surface area contributed by atoms with Crippen LogP contribution in [-0.2, 0) is 0 Å². The quantitative estimate of drug-likeness (QED) is 0.473. The molecule has 0 radical (unpaired) electrons. The number of allylic oxidation sites excluding steroid dienone is 12. The fourth-order valence-electron chi connectivity index (χ4n) is 1.60. The molecule has 0 nitrogen and oxygen atoms in total. The summed E-state index contributed by atoms with van der Waals surface area (Å²) in [6, 6.07) is 0. The summed E-state index contributed by atoms with van der Waals surface area (Å²) in [6.07, 6.45) is 27.7. The van der Waals surface area contributed by atoms with E-state index in [1.54, 1.807) is 0 Å². The van der Waals surface area contributed by atoms with Crippen LogP contribution in [0.25, 0.3) is 0 Å². The lowest BCUT2D eigenvalue weighted by molar-refractivity contribution is 1.02. The first kappa shape index (κ1) is 9.85. The maximum Gasteiger partial charge on any atom is 0.0949 e. The van der Waals surface area contributed by atoms with Gasteiger partial charge in [-0.2, -0.15) is 0 Å². The Kier molecular flexibility index (Phi) is 3.45. The van der Waals surface area contributed by atoms with E-state index in [2.05, 4.69) is 79.3 Å². The van der Waals surface area contributed by atoms with Gasteiger partial charge >= 0.3 is 0 Å². The van der Waals surface area contributed by atoms with Gasteiger partial charge in [0.2, 0.25) is 0 Å². The maximum absolute atomic E-state index is 2.19. The standard InChI is InChI=1S/C15H15/c1(2-8-14-10-4-5-11-14)3-9-15-12-6-7-13-15/h1-15H/q+1/b2-1+,9-3+. The highest BCUT2D eigenvalue weighted by Crippen LogP contribution is 2.13. The summed E-state index contributed by atoms with van der Waals surface area (Å²) in [5.41, 5.74) is 0. The topological polar surface area (TPSA) is 0 Å². The van der Waals surface area contributed by atoms with Gasteiger partial charge in [0.25, 0.3) is 0 Å². The van der Waals surface area contributed by atoms with Crippen LogP contribution in [0.1, 0.15) is 0 Å². The van der Waals surface area contributed by atoms with Crippen molar-refractivity contribution in [2.45, 2.75) is 0 Å². The number of hydrogen-bond donors (Lipinski definition) is 0. The number of hydrogen-bond acceptors (Lipinski definition) is 0. The molecule has 0 N–H and O–H groups in total.